The van der Waals surface area contributed by atoms with Crippen molar-refractivity contribution < 1.29 is 0 Å². The highest BCUT2D eigenvalue weighted by atomic mass is 35.5. The molecule has 0 aliphatic carbocycles. The minimum absolute atomic E-state index is 0.0205. The van der Waals surface area contributed by atoms with E-state index in [1.165, 1.54) is 0 Å². The van der Waals surface area contributed by atoms with Crippen LogP contribution in [0.25, 0.3) is 11.3 Å². The molecular formula is C9H5Cl2N3O2. The summed E-state index contributed by atoms with van der Waals surface area (Å²) in [7, 11) is 0. The van der Waals surface area contributed by atoms with Crippen molar-refractivity contribution in [3.8, 4) is 11.3 Å². The van der Waals surface area contributed by atoms with Gasteiger partial charge in [-0.3, -0.25) is 9.78 Å². The highest BCUT2D eigenvalue weighted by molar-refractivity contribution is 6.43. The van der Waals surface area contributed by atoms with Crippen LogP contribution in [0.1, 0.15) is 0 Å². The van der Waals surface area contributed by atoms with Crippen molar-refractivity contribution in [3.05, 3.63) is 49.1 Å². The van der Waals surface area contributed by atoms with E-state index in [2.05, 4.69) is 15.2 Å². The third-order valence-corrected chi connectivity index (χ3v) is 2.74. The topological polar surface area (TPSA) is 78.6 Å². The van der Waals surface area contributed by atoms with Crippen LogP contribution in [-0.4, -0.2) is 15.2 Å². The fraction of sp³-hybridized carbons (Fsp3) is 0. The first-order valence-electron chi connectivity index (χ1n) is 4.23. The van der Waals surface area contributed by atoms with E-state index in [0.29, 0.717) is 10.6 Å². The van der Waals surface area contributed by atoms with Crippen LogP contribution in [0.15, 0.2) is 27.8 Å². The largest absolute Gasteiger partial charge is 0.342 e. The Balaban J connectivity index is 2.73. The third-order valence-electron chi connectivity index (χ3n) is 1.92. The van der Waals surface area contributed by atoms with Crippen LogP contribution in [-0.2, 0) is 0 Å². The Morgan fingerprint density at radius 3 is 2.62 bits per heavy atom. The lowest BCUT2D eigenvalue weighted by Gasteiger charge is -2.02. The lowest BCUT2D eigenvalue weighted by atomic mass is 10.1. The average Bonchev–Trinajstić information content (AvgIpc) is 2.23. The molecule has 0 spiro atoms. The van der Waals surface area contributed by atoms with Gasteiger partial charge < -0.3 is 0 Å². The molecular weight excluding hydrogens is 253 g/mol. The molecule has 0 saturated carbocycles. The van der Waals surface area contributed by atoms with Gasteiger partial charge in [0.2, 0.25) is 0 Å². The molecule has 2 aromatic rings. The van der Waals surface area contributed by atoms with Crippen LogP contribution in [0.5, 0.6) is 0 Å². The Bertz CT molecular complexity index is 648. The summed E-state index contributed by atoms with van der Waals surface area (Å²) in [5, 5.41) is 6.28. The molecule has 1 aromatic carbocycles. The molecule has 1 aromatic heterocycles. The first kappa shape index (κ1) is 10.9. The van der Waals surface area contributed by atoms with Crippen molar-refractivity contribution in [2.75, 3.05) is 0 Å². The first-order valence-corrected chi connectivity index (χ1v) is 4.98. The molecule has 0 aliphatic rings. The maximum atomic E-state index is 11.5. The number of hydrogen-bond acceptors (Lipinski definition) is 3. The fourth-order valence-electron chi connectivity index (χ4n) is 1.22. The molecule has 0 saturated heterocycles. The standard InChI is InChI=1S/C9H5Cl2N3O2/c10-5-3-1-2-4(6(5)11)7-8(15)12-9(16)14-13-7/h1-3H,(H2,12,14,15,16). The Morgan fingerprint density at radius 1 is 1.19 bits per heavy atom. The van der Waals surface area contributed by atoms with Gasteiger partial charge in [0.1, 0.15) is 0 Å². The minimum atomic E-state index is -0.674. The lowest BCUT2D eigenvalue weighted by molar-refractivity contribution is 0.898. The van der Waals surface area contributed by atoms with Crippen LogP contribution in [0.3, 0.4) is 0 Å². The summed E-state index contributed by atoms with van der Waals surface area (Å²) in [5.74, 6) is 0. The fourth-order valence-corrected chi connectivity index (χ4v) is 1.61. The van der Waals surface area contributed by atoms with Gasteiger partial charge in [0, 0.05) is 5.56 Å². The SMILES string of the molecule is O=c1[nH]nc(-c2cccc(Cl)c2Cl)c(=O)[nH]1. The maximum absolute atomic E-state index is 11.5. The van der Waals surface area contributed by atoms with Gasteiger partial charge in [0.05, 0.1) is 10.0 Å². The van der Waals surface area contributed by atoms with Gasteiger partial charge in [-0.25, -0.2) is 9.89 Å². The third kappa shape index (κ3) is 1.87. The molecule has 82 valence electrons. The number of nitrogens with zero attached hydrogens (tertiary/aromatic N) is 1. The Hall–Kier alpha value is -1.59. The normalized spacial score (nSPS) is 10.4. The van der Waals surface area contributed by atoms with E-state index < -0.39 is 11.2 Å². The summed E-state index contributed by atoms with van der Waals surface area (Å²) in [6.45, 7) is 0. The van der Waals surface area contributed by atoms with Crippen LogP contribution >= 0.6 is 23.2 Å². The zero-order chi connectivity index (χ0) is 11.7. The van der Waals surface area contributed by atoms with E-state index in [9.17, 15) is 9.59 Å². The summed E-state index contributed by atoms with van der Waals surface area (Å²) in [6, 6.07) is 4.81. The molecule has 2 rings (SSSR count). The van der Waals surface area contributed by atoms with Gasteiger partial charge in [-0.05, 0) is 6.07 Å². The van der Waals surface area contributed by atoms with Crippen LogP contribution in [0.4, 0.5) is 0 Å². The van der Waals surface area contributed by atoms with E-state index in [1.807, 2.05) is 0 Å². The molecule has 0 aliphatic heterocycles. The summed E-state index contributed by atoms with van der Waals surface area (Å²) >= 11 is 11.7. The summed E-state index contributed by atoms with van der Waals surface area (Å²) in [5.41, 5.74) is -0.904. The predicted octanol–water partition coefficient (Wildman–Crippen LogP) is 1.43. The molecule has 16 heavy (non-hydrogen) atoms. The van der Waals surface area contributed by atoms with Crippen LogP contribution in [0.2, 0.25) is 10.0 Å². The molecule has 0 bridgehead atoms. The number of aromatic amines is 2. The summed E-state index contributed by atoms with van der Waals surface area (Å²) in [4.78, 5) is 24.3. The molecule has 1 heterocycles. The van der Waals surface area contributed by atoms with Crippen molar-refractivity contribution in [1.82, 2.24) is 15.2 Å². The highest BCUT2D eigenvalue weighted by Gasteiger charge is 2.11. The van der Waals surface area contributed by atoms with E-state index in [4.69, 9.17) is 23.2 Å². The zero-order valence-electron chi connectivity index (χ0n) is 7.75. The van der Waals surface area contributed by atoms with Gasteiger partial charge >= 0.3 is 5.69 Å². The summed E-state index contributed by atoms with van der Waals surface area (Å²) < 4.78 is 0. The van der Waals surface area contributed by atoms with Crippen molar-refractivity contribution in [2.24, 2.45) is 0 Å². The maximum Gasteiger partial charge on any atom is 0.342 e. The number of nitrogens with one attached hydrogen (secondary N) is 2. The van der Waals surface area contributed by atoms with E-state index in [0.717, 1.165) is 0 Å². The molecule has 0 unspecified atom stereocenters. The molecule has 5 nitrogen and oxygen atoms in total. The number of hydrogen-bond donors (Lipinski definition) is 2. The zero-order valence-corrected chi connectivity index (χ0v) is 9.26. The minimum Gasteiger partial charge on any atom is -0.271 e. The van der Waals surface area contributed by atoms with Crippen molar-refractivity contribution in [2.45, 2.75) is 0 Å². The number of benzene rings is 1. The first-order chi connectivity index (χ1) is 7.59. The number of halogens is 2. The van der Waals surface area contributed by atoms with Crippen LogP contribution in [0, 0.1) is 0 Å². The van der Waals surface area contributed by atoms with Gasteiger partial charge in [0.15, 0.2) is 5.69 Å². The van der Waals surface area contributed by atoms with Gasteiger partial charge in [-0.15, -0.1) is 0 Å². The summed E-state index contributed by atoms with van der Waals surface area (Å²) in [6.07, 6.45) is 0. The molecule has 0 radical (unpaired) electrons. The molecule has 0 amide bonds. The van der Waals surface area contributed by atoms with E-state index >= 15 is 0 Å². The van der Waals surface area contributed by atoms with Gasteiger partial charge in [0.25, 0.3) is 5.56 Å². The quantitative estimate of drug-likeness (QED) is 0.812. The van der Waals surface area contributed by atoms with E-state index in [1.54, 1.807) is 18.2 Å². The van der Waals surface area contributed by atoms with Crippen LogP contribution < -0.4 is 11.2 Å². The van der Waals surface area contributed by atoms with Crippen molar-refractivity contribution in [1.29, 1.82) is 0 Å². The predicted molar refractivity (Wildman–Crippen MR) is 60.9 cm³/mol. The average molecular weight is 258 g/mol. The Morgan fingerprint density at radius 2 is 1.94 bits per heavy atom. The number of rotatable bonds is 1. The molecule has 0 fully saturated rings. The number of H-pyrrole nitrogens is 2. The smallest absolute Gasteiger partial charge is 0.271 e. The Labute approximate surface area is 99.0 Å². The second kappa shape index (κ2) is 4.11. The van der Waals surface area contributed by atoms with Crippen molar-refractivity contribution in [3.63, 3.8) is 0 Å². The Kier molecular flexibility index (Phi) is 2.80. The number of aromatic nitrogens is 3. The molecule has 2 N–H and O–H groups in total. The highest BCUT2D eigenvalue weighted by Crippen LogP contribution is 2.30. The molecule has 0 atom stereocenters. The second-order valence-corrected chi connectivity index (χ2v) is 3.74. The van der Waals surface area contributed by atoms with Gasteiger partial charge in [-0.2, -0.15) is 5.10 Å². The monoisotopic (exact) mass is 257 g/mol. The van der Waals surface area contributed by atoms with Crippen molar-refractivity contribution >= 4 is 23.2 Å². The second-order valence-electron chi connectivity index (χ2n) is 2.96. The van der Waals surface area contributed by atoms with E-state index in [-0.39, 0.29) is 10.7 Å². The molecule has 7 heteroatoms. The van der Waals surface area contributed by atoms with Gasteiger partial charge in [-0.1, -0.05) is 35.3 Å². The lowest BCUT2D eigenvalue weighted by Crippen LogP contribution is -2.25.